The van der Waals surface area contributed by atoms with E-state index < -0.39 is 0 Å². The van der Waals surface area contributed by atoms with Crippen molar-refractivity contribution in [2.75, 3.05) is 0 Å². The van der Waals surface area contributed by atoms with E-state index >= 15 is 0 Å². The van der Waals surface area contributed by atoms with Crippen molar-refractivity contribution in [2.45, 2.75) is 26.4 Å². The first-order chi connectivity index (χ1) is 9.58. The van der Waals surface area contributed by atoms with E-state index in [-0.39, 0.29) is 11.9 Å². The van der Waals surface area contributed by atoms with Gasteiger partial charge in [-0.2, -0.15) is 0 Å². The number of nitrogens with two attached hydrogens (primary N) is 1. The molecular weight excluding hydrogens is 248 g/mol. The molecule has 20 heavy (non-hydrogen) atoms. The maximum Gasteiger partial charge on any atom is 0.249 e. The van der Waals surface area contributed by atoms with E-state index in [2.05, 4.69) is 43.4 Å². The molecule has 0 radical (unpaired) electrons. The zero-order chi connectivity index (χ0) is 14.5. The Morgan fingerprint density at radius 3 is 2.65 bits per heavy atom. The molecule has 0 bridgehead atoms. The minimum atomic E-state index is -0.384. The molecule has 1 atom stereocenters. The fourth-order valence-electron chi connectivity index (χ4n) is 2.24. The average Bonchev–Trinajstić information content (AvgIpc) is 2.45. The molecule has 3 N–H and O–H groups in total. The largest absolute Gasteiger partial charge is 0.366 e. The summed E-state index contributed by atoms with van der Waals surface area (Å²) < 4.78 is 0. The van der Waals surface area contributed by atoms with Crippen LogP contribution in [0.15, 0.2) is 48.5 Å². The number of rotatable bonds is 5. The minimum Gasteiger partial charge on any atom is -0.366 e. The highest BCUT2D eigenvalue weighted by Crippen LogP contribution is 2.15. The number of primary amides is 1. The smallest absolute Gasteiger partial charge is 0.249 e. The normalized spacial score (nSPS) is 12.1. The SMILES string of the molecule is Cc1cccc([C@@H](C)NCc2ccccc2C(N)=O)c1. The summed E-state index contributed by atoms with van der Waals surface area (Å²) in [4.78, 5) is 11.4. The van der Waals surface area contributed by atoms with Gasteiger partial charge in [-0.1, -0.05) is 48.0 Å². The lowest BCUT2D eigenvalue weighted by molar-refractivity contribution is 0.0999. The lowest BCUT2D eigenvalue weighted by Crippen LogP contribution is -2.21. The van der Waals surface area contributed by atoms with Gasteiger partial charge in [0.1, 0.15) is 0 Å². The van der Waals surface area contributed by atoms with E-state index in [0.29, 0.717) is 12.1 Å². The molecule has 0 saturated carbocycles. The number of benzene rings is 2. The monoisotopic (exact) mass is 268 g/mol. The molecule has 3 nitrogen and oxygen atoms in total. The van der Waals surface area contributed by atoms with Crippen molar-refractivity contribution in [3.8, 4) is 0 Å². The van der Waals surface area contributed by atoms with Crippen molar-refractivity contribution in [1.82, 2.24) is 5.32 Å². The summed E-state index contributed by atoms with van der Waals surface area (Å²) >= 11 is 0. The van der Waals surface area contributed by atoms with Gasteiger partial charge in [0.2, 0.25) is 5.91 Å². The van der Waals surface area contributed by atoms with Crippen molar-refractivity contribution >= 4 is 5.91 Å². The fraction of sp³-hybridized carbons (Fsp3) is 0.235. The second-order valence-corrected chi connectivity index (χ2v) is 5.04. The molecular formula is C17H20N2O. The zero-order valence-corrected chi connectivity index (χ0v) is 11.9. The number of amides is 1. The molecule has 3 heteroatoms. The first kappa shape index (κ1) is 14.3. The summed E-state index contributed by atoms with van der Waals surface area (Å²) in [5, 5.41) is 3.43. The van der Waals surface area contributed by atoms with Gasteiger partial charge in [0.25, 0.3) is 0 Å². The van der Waals surface area contributed by atoms with Crippen LogP contribution in [0.3, 0.4) is 0 Å². The second-order valence-electron chi connectivity index (χ2n) is 5.04. The highest BCUT2D eigenvalue weighted by atomic mass is 16.1. The van der Waals surface area contributed by atoms with Gasteiger partial charge < -0.3 is 11.1 Å². The van der Waals surface area contributed by atoms with Gasteiger partial charge in [-0.15, -0.1) is 0 Å². The Kier molecular flexibility index (Phi) is 4.53. The number of carbonyl (C=O) groups is 1. The summed E-state index contributed by atoms with van der Waals surface area (Å²) in [5.74, 6) is -0.384. The third-order valence-corrected chi connectivity index (χ3v) is 3.42. The summed E-state index contributed by atoms with van der Waals surface area (Å²) in [5.41, 5.74) is 9.38. The van der Waals surface area contributed by atoms with E-state index in [1.165, 1.54) is 11.1 Å². The molecule has 2 rings (SSSR count). The number of hydrogen-bond donors (Lipinski definition) is 2. The van der Waals surface area contributed by atoms with Crippen LogP contribution < -0.4 is 11.1 Å². The molecule has 0 aliphatic carbocycles. The maximum atomic E-state index is 11.4. The van der Waals surface area contributed by atoms with E-state index in [4.69, 9.17) is 5.73 Å². The summed E-state index contributed by atoms with van der Waals surface area (Å²) in [6.45, 7) is 4.81. The van der Waals surface area contributed by atoms with Crippen LogP contribution in [0, 0.1) is 6.92 Å². The molecule has 0 aromatic heterocycles. The third-order valence-electron chi connectivity index (χ3n) is 3.42. The number of nitrogens with one attached hydrogen (secondary N) is 1. The van der Waals surface area contributed by atoms with E-state index in [1.807, 2.05) is 18.2 Å². The van der Waals surface area contributed by atoms with Crippen LogP contribution in [0.2, 0.25) is 0 Å². The Balaban J connectivity index is 2.07. The molecule has 2 aromatic rings. The first-order valence-electron chi connectivity index (χ1n) is 6.75. The molecule has 0 aliphatic rings. The van der Waals surface area contributed by atoms with Gasteiger partial charge in [-0.25, -0.2) is 0 Å². The predicted molar refractivity (Wildman–Crippen MR) is 81.4 cm³/mol. The van der Waals surface area contributed by atoms with Crippen molar-refractivity contribution in [2.24, 2.45) is 5.73 Å². The molecule has 0 aliphatic heterocycles. The van der Waals surface area contributed by atoms with Crippen LogP contribution in [0.5, 0.6) is 0 Å². The van der Waals surface area contributed by atoms with Crippen LogP contribution in [0.1, 0.15) is 40.0 Å². The number of carbonyl (C=O) groups excluding carboxylic acids is 1. The minimum absolute atomic E-state index is 0.218. The summed E-state index contributed by atoms with van der Waals surface area (Å²) in [6.07, 6.45) is 0. The van der Waals surface area contributed by atoms with E-state index in [0.717, 1.165) is 5.56 Å². The first-order valence-corrected chi connectivity index (χ1v) is 6.75. The van der Waals surface area contributed by atoms with Gasteiger partial charge in [-0.05, 0) is 31.0 Å². The molecule has 104 valence electrons. The molecule has 1 amide bonds. The average molecular weight is 268 g/mol. The van der Waals surface area contributed by atoms with Crippen LogP contribution in [-0.2, 0) is 6.54 Å². The summed E-state index contributed by atoms with van der Waals surface area (Å²) in [7, 11) is 0. The van der Waals surface area contributed by atoms with Crippen LogP contribution in [0.4, 0.5) is 0 Å². The van der Waals surface area contributed by atoms with Gasteiger partial charge in [0.05, 0.1) is 0 Å². The standard InChI is InChI=1S/C17H20N2O/c1-12-6-5-8-14(10-12)13(2)19-11-15-7-3-4-9-16(15)17(18)20/h3-10,13,19H,11H2,1-2H3,(H2,18,20)/t13-/m1/s1. The summed E-state index contributed by atoms with van der Waals surface area (Å²) in [6, 6.07) is 16.1. The molecule has 0 heterocycles. The maximum absolute atomic E-state index is 11.4. The van der Waals surface area contributed by atoms with Crippen LogP contribution in [0.25, 0.3) is 0 Å². The lowest BCUT2D eigenvalue weighted by atomic mass is 10.0. The van der Waals surface area contributed by atoms with Crippen molar-refractivity contribution in [3.05, 3.63) is 70.8 Å². The molecule has 0 saturated heterocycles. The number of hydrogen-bond acceptors (Lipinski definition) is 2. The lowest BCUT2D eigenvalue weighted by Gasteiger charge is -2.16. The van der Waals surface area contributed by atoms with E-state index in [1.54, 1.807) is 6.07 Å². The highest BCUT2D eigenvalue weighted by molar-refractivity contribution is 5.94. The van der Waals surface area contributed by atoms with Crippen molar-refractivity contribution in [3.63, 3.8) is 0 Å². The molecule has 0 unspecified atom stereocenters. The highest BCUT2D eigenvalue weighted by Gasteiger charge is 2.09. The van der Waals surface area contributed by atoms with Crippen LogP contribution in [-0.4, -0.2) is 5.91 Å². The second kappa shape index (κ2) is 6.35. The van der Waals surface area contributed by atoms with Gasteiger partial charge >= 0.3 is 0 Å². The zero-order valence-electron chi connectivity index (χ0n) is 11.9. The Morgan fingerprint density at radius 2 is 1.95 bits per heavy atom. The predicted octanol–water partition coefficient (Wildman–Crippen LogP) is 2.94. The van der Waals surface area contributed by atoms with Crippen molar-refractivity contribution < 1.29 is 4.79 Å². The van der Waals surface area contributed by atoms with E-state index in [9.17, 15) is 4.79 Å². The van der Waals surface area contributed by atoms with Crippen LogP contribution >= 0.6 is 0 Å². The Bertz CT molecular complexity index is 607. The van der Waals surface area contributed by atoms with Gasteiger partial charge in [0.15, 0.2) is 0 Å². The molecule has 0 fully saturated rings. The molecule has 0 spiro atoms. The Labute approximate surface area is 119 Å². The fourth-order valence-corrected chi connectivity index (χ4v) is 2.24. The topological polar surface area (TPSA) is 55.1 Å². The Morgan fingerprint density at radius 1 is 1.20 bits per heavy atom. The van der Waals surface area contributed by atoms with Gasteiger partial charge in [-0.3, -0.25) is 4.79 Å². The number of aryl methyl sites for hydroxylation is 1. The van der Waals surface area contributed by atoms with Crippen molar-refractivity contribution in [1.29, 1.82) is 0 Å². The Hall–Kier alpha value is -2.13. The van der Waals surface area contributed by atoms with Gasteiger partial charge in [0, 0.05) is 18.2 Å². The third kappa shape index (κ3) is 3.45. The quantitative estimate of drug-likeness (QED) is 0.876. The molecule has 2 aromatic carbocycles.